The number of ether oxygens (including phenoxy) is 1. The van der Waals surface area contributed by atoms with Crippen molar-refractivity contribution in [3.63, 3.8) is 0 Å². The first kappa shape index (κ1) is 17.9. The second-order valence-corrected chi connectivity index (χ2v) is 6.58. The van der Waals surface area contributed by atoms with Crippen LogP contribution < -0.4 is 0 Å². The number of likely N-dealkylation sites (tertiary alicyclic amines) is 1. The highest BCUT2D eigenvalue weighted by atomic mass is 16.6. The van der Waals surface area contributed by atoms with Crippen molar-refractivity contribution in [1.29, 1.82) is 0 Å². The standard InChI is InChI=1S/C17H22N2O5/c1-11-6-12(2)9-18(8-11)16(20)10-24-17(21)14-4-5-15(19(22)23)13(3)7-14/h4-5,7,11-12H,6,8-10H2,1-3H3/t11-,12-/m0/s1. The highest BCUT2D eigenvalue weighted by Gasteiger charge is 2.26. The topological polar surface area (TPSA) is 89.8 Å². The number of nitro benzene ring substituents is 1. The number of carbonyl (C=O) groups is 2. The summed E-state index contributed by atoms with van der Waals surface area (Å²) in [6, 6.07) is 4.00. The maximum absolute atomic E-state index is 12.2. The predicted octanol–water partition coefficient (Wildman–Crippen LogP) is 2.56. The van der Waals surface area contributed by atoms with Gasteiger partial charge in [0.2, 0.25) is 0 Å². The van der Waals surface area contributed by atoms with Gasteiger partial charge < -0.3 is 9.64 Å². The van der Waals surface area contributed by atoms with Crippen LogP contribution in [-0.4, -0.2) is 41.4 Å². The molecule has 1 amide bonds. The zero-order valence-electron chi connectivity index (χ0n) is 14.2. The lowest BCUT2D eigenvalue weighted by atomic mass is 9.92. The number of rotatable bonds is 4. The fraction of sp³-hybridized carbons (Fsp3) is 0.529. The van der Waals surface area contributed by atoms with E-state index in [1.165, 1.54) is 18.2 Å². The zero-order valence-corrected chi connectivity index (χ0v) is 14.2. The van der Waals surface area contributed by atoms with Crippen molar-refractivity contribution in [2.45, 2.75) is 27.2 Å². The molecule has 0 spiro atoms. The highest BCUT2D eigenvalue weighted by molar-refractivity contribution is 5.91. The Hall–Kier alpha value is -2.44. The van der Waals surface area contributed by atoms with E-state index in [0.29, 0.717) is 30.5 Å². The Labute approximate surface area is 140 Å². The number of aryl methyl sites for hydroxylation is 1. The largest absolute Gasteiger partial charge is 0.452 e. The van der Waals surface area contributed by atoms with Crippen molar-refractivity contribution in [1.82, 2.24) is 4.90 Å². The molecule has 2 atom stereocenters. The normalized spacial score (nSPS) is 20.5. The number of nitrogens with zero attached hydrogens (tertiary/aromatic N) is 2. The van der Waals surface area contributed by atoms with Crippen LogP contribution in [0.1, 0.15) is 36.2 Å². The van der Waals surface area contributed by atoms with E-state index in [9.17, 15) is 19.7 Å². The number of piperidine rings is 1. The Morgan fingerprint density at radius 3 is 2.46 bits per heavy atom. The second kappa shape index (κ2) is 7.42. The molecule has 0 saturated carbocycles. The monoisotopic (exact) mass is 334 g/mol. The molecule has 24 heavy (non-hydrogen) atoms. The minimum atomic E-state index is -0.653. The molecule has 0 radical (unpaired) electrons. The molecule has 2 rings (SSSR count). The Bertz CT molecular complexity index is 648. The summed E-state index contributed by atoms with van der Waals surface area (Å²) in [5.41, 5.74) is 0.518. The predicted molar refractivity (Wildman–Crippen MR) is 87.6 cm³/mol. The van der Waals surface area contributed by atoms with Crippen LogP contribution in [0.4, 0.5) is 5.69 Å². The molecule has 7 heteroatoms. The van der Waals surface area contributed by atoms with E-state index >= 15 is 0 Å². The van der Waals surface area contributed by atoms with Crippen molar-refractivity contribution < 1.29 is 19.2 Å². The minimum Gasteiger partial charge on any atom is -0.452 e. The number of nitro groups is 1. The van der Waals surface area contributed by atoms with Gasteiger partial charge in [-0.15, -0.1) is 0 Å². The molecule has 1 aliphatic heterocycles. The molecule has 1 aromatic carbocycles. The van der Waals surface area contributed by atoms with Crippen molar-refractivity contribution in [3.05, 3.63) is 39.4 Å². The maximum atomic E-state index is 12.2. The lowest BCUT2D eigenvalue weighted by Crippen LogP contribution is -2.44. The Kier molecular flexibility index (Phi) is 5.54. The fourth-order valence-electron chi connectivity index (χ4n) is 3.16. The first-order chi connectivity index (χ1) is 11.3. The summed E-state index contributed by atoms with van der Waals surface area (Å²) in [6.07, 6.45) is 1.09. The van der Waals surface area contributed by atoms with E-state index < -0.39 is 10.9 Å². The average molecular weight is 334 g/mol. The van der Waals surface area contributed by atoms with Gasteiger partial charge in [0, 0.05) is 24.7 Å². The molecule has 0 bridgehead atoms. The van der Waals surface area contributed by atoms with Crippen LogP contribution in [-0.2, 0) is 9.53 Å². The highest BCUT2D eigenvalue weighted by Crippen LogP contribution is 2.21. The van der Waals surface area contributed by atoms with Crippen LogP contribution in [0.25, 0.3) is 0 Å². The number of amides is 1. The third-order valence-corrected chi connectivity index (χ3v) is 4.18. The van der Waals surface area contributed by atoms with E-state index in [0.717, 1.165) is 6.42 Å². The van der Waals surface area contributed by atoms with Crippen LogP contribution in [0.3, 0.4) is 0 Å². The fourth-order valence-corrected chi connectivity index (χ4v) is 3.16. The molecule has 1 aromatic rings. The van der Waals surface area contributed by atoms with E-state index in [1.54, 1.807) is 11.8 Å². The third-order valence-electron chi connectivity index (χ3n) is 4.18. The first-order valence-corrected chi connectivity index (χ1v) is 7.98. The summed E-state index contributed by atoms with van der Waals surface area (Å²) in [7, 11) is 0. The molecule has 1 aliphatic rings. The Morgan fingerprint density at radius 2 is 1.92 bits per heavy atom. The van der Waals surface area contributed by atoms with Crippen molar-refractivity contribution in [3.8, 4) is 0 Å². The average Bonchev–Trinajstić information content (AvgIpc) is 2.50. The molecule has 7 nitrogen and oxygen atoms in total. The van der Waals surface area contributed by atoms with Crippen LogP contribution in [0.5, 0.6) is 0 Å². The first-order valence-electron chi connectivity index (χ1n) is 7.98. The van der Waals surface area contributed by atoms with Crippen LogP contribution in [0.2, 0.25) is 0 Å². The van der Waals surface area contributed by atoms with Crippen LogP contribution >= 0.6 is 0 Å². The van der Waals surface area contributed by atoms with Gasteiger partial charge in [0.25, 0.3) is 11.6 Å². The number of benzene rings is 1. The summed E-state index contributed by atoms with van der Waals surface area (Å²) in [6.45, 7) is 6.79. The molecule has 0 aliphatic carbocycles. The molecule has 1 heterocycles. The maximum Gasteiger partial charge on any atom is 0.338 e. The van der Waals surface area contributed by atoms with Gasteiger partial charge in [0.05, 0.1) is 10.5 Å². The lowest BCUT2D eigenvalue weighted by molar-refractivity contribution is -0.385. The van der Waals surface area contributed by atoms with Gasteiger partial charge in [-0.1, -0.05) is 13.8 Å². The molecule has 1 saturated heterocycles. The Morgan fingerprint density at radius 1 is 1.29 bits per heavy atom. The quantitative estimate of drug-likeness (QED) is 0.479. The van der Waals surface area contributed by atoms with Crippen molar-refractivity contribution >= 4 is 17.6 Å². The lowest BCUT2D eigenvalue weighted by Gasteiger charge is -2.34. The smallest absolute Gasteiger partial charge is 0.338 e. The van der Waals surface area contributed by atoms with E-state index in [4.69, 9.17) is 4.74 Å². The van der Waals surface area contributed by atoms with Crippen LogP contribution in [0.15, 0.2) is 18.2 Å². The van der Waals surface area contributed by atoms with Gasteiger partial charge in [-0.2, -0.15) is 0 Å². The van der Waals surface area contributed by atoms with Gasteiger partial charge in [-0.3, -0.25) is 14.9 Å². The van der Waals surface area contributed by atoms with E-state index in [2.05, 4.69) is 13.8 Å². The van der Waals surface area contributed by atoms with Gasteiger partial charge in [-0.25, -0.2) is 4.79 Å². The minimum absolute atomic E-state index is 0.0566. The molecule has 0 N–H and O–H groups in total. The van der Waals surface area contributed by atoms with Crippen molar-refractivity contribution in [2.75, 3.05) is 19.7 Å². The van der Waals surface area contributed by atoms with Crippen molar-refractivity contribution in [2.24, 2.45) is 11.8 Å². The summed E-state index contributed by atoms with van der Waals surface area (Å²) in [5.74, 6) is 0.0104. The number of carbonyl (C=O) groups excluding carboxylic acids is 2. The second-order valence-electron chi connectivity index (χ2n) is 6.58. The third kappa shape index (κ3) is 4.31. The van der Waals surface area contributed by atoms with E-state index in [1.807, 2.05) is 0 Å². The van der Waals surface area contributed by atoms with Gasteiger partial charge in [-0.05, 0) is 37.3 Å². The SMILES string of the molecule is Cc1cc(C(=O)OCC(=O)N2C[C@@H](C)C[C@H](C)C2)ccc1[N+](=O)[O-]. The molecule has 1 fully saturated rings. The van der Waals surface area contributed by atoms with Crippen LogP contribution in [0, 0.1) is 28.9 Å². The van der Waals surface area contributed by atoms with Gasteiger partial charge in [0.1, 0.15) is 0 Å². The number of hydrogen-bond acceptors (Lipinski definition) is 5. The molecule has 0 aromatic heterocycles. The Balaban J connectivity index is 1.94. The molecule has 130 valence electrons. The van der Waals surface area contributed by atoms with E-state index in [-0.39, 0.29) is 23.8 Å². The number of esters is 1. The summed E-state index contributed by atoms with van der Waals surface area (Å²) >= 11 is 0. The van der Waals surface area contributed by atoms with Gasteiger partial charge >= 0.3 is 5.97 Å². The molecular formula is C17H22N2O5. The summed E-state index contributed by atoms with van der Waals surface area (Å²) in [5, 5.41) is 10.8. The molecular weight excluding hydrogens is 312 g/mol. The summed E-state index contributed by atoms with van der Waals surface area (Å²) < 4.78 is 5.07. The zero-order chi connectivity index (χ0) is 17.9. The number of hydrogen-bond donors (Lipinski definition) is 0. The summed E-state index contributed by atoms with van der Waals surface area (Å²) in [4.78, 5) is 36.2. The van der Waals surface area contributed by atoms with Gasteiger partial charge in [0.15, 0.2) is 6.61 Å². The molecule has 0 unspecified atom stereocenters.